The Morgan fingerprint density at radius 3 is 3.00 bits per heavy atom. The van der Waals surface area contributed by atoms with E-state index < -0.39 is 4.92 Å². The molecule has 1 heterocycles. The molecule has 0 spiro atoms. The zero-order valence-electron chi connectivity index (χ0n) is 9.87. The average molecular weight is 246 g/mol. The van der Waals surface area contributed by atoms with Crippen LogP contribution < -0.4 is 10.6 Å². The minimum absolute atomic E-state index is 0.0364. The van der Waals surface area contributed by atoms with Gasteiger partial charge in [0.15, 0.2) is 0 Å². The van der Waals surface area contributed by atoms with Crippen molar-refractivity contribution >= 4 is 11.4 Å². The Morgan fingerprint density at radius 1 is 1.61 bits per heavy atom. The molecule has 1 aromatic rings. The first kappa shape index (κ1) is 12.3. The summed E-state index contributed by atoms with van der Waals surface area (Å²) >= 11 is 0. The predicted octanol–water partition coefficient (Wildman–Crippen LogP) is 1.39. The maximum Gasteiger partial charge on any atom is 0.292 e. The van der Waals surface area contributed by atoms with Crippen LogP contribution in [0, 0.1) is 21.4 Å². The molecule has 1 aliphatic rings. The van der Waals surface area contributed by atoms with Crippen molar-refractivity contribution in [3.8, 4) is 6.07 Å². The van der Waals surface area contributed by atoms with E-state index in [0.29, 0.717) is 17.8 Å². The second-order valence-electron chi connectivity index (χ2n) is 4.30. The van der Waals surface area contributed by atoms with E-state index >= 15 is 0 Å². The van der Waals surface area contributed by atoms with Gasteiger partial charge in [-0.2, -0.15) is 5.26 Å². The SMILES string of the molecule is N#Cc1ccc([N+](=O)[O-])c(N2CCCC2CN)c1. The fourth-order valence-corrected chi connectivity index (χ4v) is 2.38. The van der Waals surface area contributed by atoms with Crippen molar-refractivity contribution < 1.29 is 4.92 Å². The van der Waals surface area contributed by atoms with Crippen molar-refractivity contribution in [2.75, 3.05) is 18.0 Å². The largest absolute Gasteiger partial charge is 0.362 e. The minimum Gasteiger partial charge on any atom is -0.362 e. The number of nitrogens with zero attached hydrogens (tertiary/aromatic N) is 3. The van der Waals surface area contributed by atoms with Crippen molar-refractivity contribution in [2.24, 2.45) is 5.73 Å². The maximum atomic E-state index is 11.0. The van der Waals surface area contributed by atoms with Crippen LogP contribution in [-0.2, 0) is 0 Å². The zero-order valence-corrected chi connectivity index (χ0v) is 9.87. The molecular formula is C12H14N4O2. The highest BCUT2D eigenvalue weighted by molar-refractivity contribution is 5.67. The Morgan fingerprint density at radius 2 is 2.39 bits per heavy atom. The van der Waals surface area contributed by atoms with Gasteiger partial charge >= 0.3 is 0 Å². The molecule has 1 aliphatic heterocycles. The van der Waals surface area contributed by atoms with Crippen LogP contribution in [0.5, 0.6) is 0 Å². The number of hydrogen-bond donors (Lipinski definition) is 1. The van der Waals surface area contributed by atoms with E-state index in [9.17, 15) is 10.1 Å². The predicted molar refractivity (Wildman–Crippen MR) is 67.2 cm³/mol. The van der Waals surface area contributed by atoms with Crippen LogP contribution in [0.2, 0.25) is 0 Å². The lowest BCUT2D eigenvalue weighted by molar-refractivity contribution is -0.384. The van der Waals surface area contributed by atoms with Crippen LogP contribution in [0.4, 0.5) is 11.4 Å². The third-order valence-corrected chi connectivity index (χ3v) is 3.26. The van der Waals surface area contributed by atoms with Crippen molar-refractivity contribution in [1.29, 1.82) is 5.26 Å². The molecule has 0 bridgehead atoms. The highest BCUT2D eigenvalue weighted by atomic mass is 16.6. The summed E-state index contributed by atoms with van der Waals surface area (Å²) in [6, 6.07) is 6.56. The summed E-state index contributed by atoms with van der Waals surface area (Å²) in [4.78, 5) is 12.6. The van der Waals surface area contributed by atoms with Crippen LogP contribution in [-0.4, -0.2) is 24.1 Å². The van der Waals surface area contributed by atoms with E-state index in [1.165, 1.54) is 12.1 Å². The van der Waals surface area contributed by atoms with E-state index in [0.717, 1.165) is 19.4 Å². The topological polar surface area (TPSA) is 96.2 Å². The van der Waals surface area contributed by atoms with E-state index in [4.69, 9.17) is 11.0 Å². The molecule has 0 aromatic heterocycles. The molecule has 1 aromatic carbocycles. The monoisotopic (exact) mass is 246 g/mol. The lowest BCUT2D eigenvalue weighted by atomic mass is 10.1. The number of nitriles is 1. The number of anilines is 1. The van der Waals surface area contributed by atoms with Crippen LogP contribution in [0.1, 0.15) is 18.4 Å². The smallest absolute Gasteiger partial charge is 0.292 e. The molecule has 6 heteroatoms. The molecule has 0 radical (unpaired) electrons. The lowest BCUT2D eigenvalue weighted by Crippen LogP contribution is -2.35. The highest BCUT2D eigenvalue weighted by Gasteiger charge is 2.29. The molecule has 1 atom stereocenters. The maximum absolute atomic E-state index is 11.0. The molecule has 94 valence electrons. The average Bonchev–Trinajstić information content (AvgIpc) is 2.85. The number of nitro groups is 1. The van der Waals surface area contributed by atoms with Gasteiger partial charge in [0.1, 0.15) is 5.69 Å². The summed E-state index contributed by atoms with van der Waals surface area (Å²) < 4.78 is 0. The van der Waals surface area contributed by atoms with Gasteiger partial charge in [0.25, 0.3) is 5.69 Å². The van der Waals surface area contributed by atoms with E-state index in [2.05, 4.69) is 0 Å². The molecule has 18 heavy (non-hydrogen) atoms. The Balaban J connectivity index is 2.47. The second kappa shape index (κ2) is 5.02. The molecule has 0 amide bonds. The van der Waals surface area contributed by atoms with Gasteiger partial charge in [0, 0.05) is 25.2 Å². The van der Waals surface area contributed by atoms with E-state index in [1.807, 2.05) is 11.0 Å². The van der Waals surface area contributed by atoms with Crippen LogP contribution in [0.15, 0.2) is 18.2 Å². The number of nitrogens with two attached hydrogens (primary N) is 1. The molecule has 0 aliphatic carbocycles. The van der Waals surface area contributed by atoms with Crippen molar-refractivity contribution in [3.63, 3.8) is 0 Å². The van der Waals surface area contributed by atoms with Gasteiger partial charge in [0.05, 0.1) is 16.6 Å². The van der Waals surface area contributed by atoms with Gasteiger partial charge in [-0.3, -0.25) is 10.1 Å². The van der Waals surface area contributed by atoms with Gasteiger partial charge < -0.3 is 10.6 Å². The Hall–Kier alpha value is -2.13. The number of hydrogen-bond acceptors (Lipinski definition) is 5. The first-order valence-electron chi connectivity index (χ1n) is 5.82. The lowest BCUT2D eigenvalue weighted by Gasteiger charge is -2.25. The Bertz CT molecular complexity index is 509. The van der Waals surface area contributed by atoms with Gasteiger partial charge in [0.2, 0.25) is 0 Å². The van der Waals surface area contributed by atoms with Crippen LogP contribution in [0.25, 0.3) is 0 Å². The summed E-state index contributed by atoms with van der Waals surface area (Å²) in [5.41, 5.74) is 6.65. The first-order valence-corrected chi connectivity index (χ1v) is 5.82. The molecule has 1 saturated heterocycles. The summed E-state index contributed by atoms with van der Waals surface area (Å²) in [5, 5.41) is 19.9. The molecule has 1 unspecified atom stereocenters. The van der Waals surface area contributed by atoms with Crippen molar-refractivity contribution in [2.45, 2.75) is 18.9 Å². The fourth-order valence-electron chi connectivity index (χ4n) is 2.38. The van der Waals surface area contributed by atoms with Crippen LogP contribution >= 0.6 is 0 Å². The Labute approximate surface area is 105 Å². The molecular weight excluding hydrogens is 232 g/mol. The number of nitro benzene ring substituents is 1. The standard InChI is InChI=1S/C12H14N4O2/c13-7-9-3-4-11(16(17)18)12(6-9)15-5-1-2-10(15)8-14/h3-4,6,10H,1-2,5,8,14H2. The fraction of sp³-hybridized carbons (Fsp3) is 0.417. The second-order valence-corrected chi connectivity index (χ2v) is 4.30. The van der Waals surface area contributed by atoms with Gasteiger partial charge in [-0.25, -0.2) is 0 Å². The molecule has 2 N–H and O–H groups in total. The quantitative estimate of drug-likeness (QED) is 0.642. The number of rotatable bonds is 3. The normalized spacial score (nSPS) is 18.7. The summed E-state index contributed by atoms with van der Waals surface area (Å²) in [7, 11) is 0. The summed E-state index contributed by atoms with van der Waals surface area (Å²) in [5.74, 6) is 0. The Kier molecular flexibility index (Phi) is 3.44. The molecule has 0 saturated carbocycles. The van der Waals surface area contributed by atoms with Gasteiger partial charge in [-0.1, -0.05) is 0 Å². The summed E-state index contributed by atoms with van der Waals surface area (Å²) in [6.45, 7) is 1.21. The number of benzene rings is 1. The third-order valence-electron chi connectivity index (χ3n) is 3.26. The highest BCUT2D eigenvalue weighted by Crippen LogP contribution is 2.33. The van der Waals surface area contributed by atoms with Crippen LogP contribution in [0.3, 0.4) is 0 Å². The van der Waals surface area contributed by atoms with Crippen molar-refractivity contribution in [1.82, 2.24) is 0 Å². The summed E-state index contributed by atoms with van der Waals surface area (Å²) in [6.07, 6.45) is 1.90. The molecule has 2 rings (SSSR count). The van der Waals surface area contributed by atoms with Crippen molar-refractivity contribution in [3.05, 3.63) is 33.9 Å². The van der Waals surface area contributed by atoms with Gasteiger partial charge in [-0.05, 0) is 25.0 Å². The minimum atomic E-state index is -0.414. The van der Waals surface area contributed by atoms with Gasteiger partial charge in [-0.15, -0.1) is 0 Å². The zero-order chi connectivity index (χ0) is 13.1. The third kappa shape index (κ3) is 2.13. The van der Waals surface area contributed by atoms with E-state index in [-0.39, 0.29) is 11.7 Å². The molecule has 6 nitrogen and oxygen atoms in total. The van der Waals surface area contributed by atoms with E-state index in [1.54, 1.807) is 6.07 Å². The molecule has 1 fully saturated rings. The first-order chi connectivity index (χ1) is 8.67.